The molecule has 4 rings (SSSR count). The third-order valence-corrected chi connectivity index (χ3v) is 5.60. The SMILES string of the molecule is Nc1ncnc2c1ncn2C1OC(CO)C2[O][Sn][O]C21. The molecule has 2 saturated heterocycles. The Bertz CT molecular complexity index is 652. The van der Waals surface area contributed by atoms with Crippen LogP contribution in [0.15, 0.2) is 12.7 Å². The first-order chi connectivity index (χ1) is 9.79. The van der Waals surface area contributed by atoms with Crippen molar-refractivity contribution in [1.82, 2.24) is 19.5 Å². The third-order valence-electron chi connectivity index (χ3n) is 3.50. The van der Waals surface area contributed by atoms with Gasteiger partial charge in [-0.2, -0.15) is 0 Å². The van der Waals surface area contributed by atoms with E-state index in [1.807, 2.05) is 0 Å². The number of aliphatic hydroxyl groups excluding tert-OH is 1. The molecule has 3 N–H and O–H groups in total. The Kier molecular flexibility index (Phi) is 3.03. The molecule has 0 spiro atoms. The van der Waals surface area contributed by atoms with E-state index in [2.05, 4.69) is 15.0 Å². The zero-order valence-electron chi connectivity index (χ0n) is 10.2. The molecule has 2 radical (unpaired) electrons. The Balaban J connectivity index is 1.78. The van der Waals surface area contributed by atoms with Crippen molar-refractivity contribution in [3.8, 4) is 0 Å². The molecule has 2 aromatic rings. The quantitative estimate of drug-likeness (QED) is 0.609. The molecule has 0 bridgehead atoms. The number of fused-ring (bicyclic) bond motifs is 2. The molecule has 2 aliphatic heterocycles. The second-order valence-corrected chi connectivity index (χ2v) is 6.40. The van der Waals surface area contributed by atoms with Crippen LogP contribution in [0.4, 0.5) is 5.82 Å². The van der Waals surface area contributed by atoms with Gasteiger partial charge in [0.25, 0.3) is 0 Å². The number of imidazole rings is 1. The molecule has 0 saturated carbocycles. The number of anilines is 1. The van der Waals surface area contributed by atoms with E-state index in [4.69, 9.17) is 16.6 Å². The number of aromatic nitrogens is 4. The van der Waals surface area contributed by atoms with E-state index in [1.54, 1.807) is 10.9 Å². The molecule has 20 heavy (non-hydrogen) atoms. The normalized spacial score (nSPS) is 32.9. The van der Waals surface area contributed by atoms with Gasteiger partial charge in [0.1, 0.15) is 0 Å². The number of rotatable bonds is 2. The Labute approximate surface area is 124 Å². The second kappa shape index (κ2) is 4.77. The summed E-state index contributed by atoms with van der Waals surface area (Å²) in [5, 5.41) is 9.37. The van der Waals surface area contributed by atoms with Crippen molar-refractivity contribution in [2.75, 3.05) is 12.3 Å². The number of aliphatic hydroxyl groups is 1. The van der Waals surface area contributed by atoms with Crippen molar-refractivity contribution < 1.29 is 16.0 Å². The van der Waals surface area contributed by atoms with Gasteiger partial charge in [-0.15, -0.1) is 0 Å². The molecule has 9 nitrogen and oxygen atoms in total. The fourth-order valence-electron chi connectivity index (χ4n) is 2.54. The van der Waals surface area contributed by atoms with Crippen molar-refractivity contribution in [2.24, 2.45) is 0 Å². The van der Waals surface area contributed by atoms with Gasteiger partial charge >= 0.3 is 124 Å². The molecule has 4 unspecified atom stereocenters. The zero-order chi connectivity index (χ0) is 13.7. The van der Waals surface area contributed by atoms with Crippen molar-refractivity contribution in [2.45, 2.75) is 24.5 Å². The van der Waals surface area contributed by atoms with Crippen molar-refractivity contribution >= 4 is 39.0 Å². The average Bonchev–Trinajstić information content (AvgIpc) is 3.12. The standard InChI is InChI=1S/C10H11N5O4.Sn/c11-8-5-9(13-2-12-8)15(3-14-5)10-7(18)6(17)4(1-16)19-10;/h2-4,6-7,10,16H,1H2,(H2,11,12,13);/q-2;+2. The van der Waals surface area contributed by atoms with Gasteiger partial charge in [0.05, 0.1) is 0 Å². The first-order valence-electron chi connectivity index (χ1n) is 6.05. The van der Waals surface area contributed by atoms with Gasteiger partial charge in [0.2, 0.25) is 0 Å². The van der Waals surface area contributed by atoms with E-state index in [0.29, 0.717) is 17.0 Å². The summed E-state index contributed by atoms with van der Waals surface area (Å²) in [5.41, 5.74) is 6.88. The van der Waals surface area contributed by atoms with Gasteiger partial charge in [-0.3, -0.25) is 0 Å². The van der Waals surface area contributed by atoms with Crippen LogP contribution in [0, 0.1) is 0 Å². The minimum atomic E-state index is -1.28. The van der Waals surface area contributed by atoms with Crippen LogP contribution in [0.3, 0.4) is 0 Å². The van der Waals surface area contributed by atoms with Gasteiger partial charge in [-0.1, -0.05) is 0 Å². The van der Waals surface area contributed by atoms with Crippen LogP contribution in [0.2, 0.25) is 0 Å². The van der Waals surface area contributed by atoms with Crippen LogP contribution < -0.4 is 5.73 Å². The topological polar surface area (TPSA) is 118 Å². The molecule has 2 aliphatic rings. The number of nitrogens with zero attached hydrogens (tertiary/aromatic N) is 4. The Hall–Kier alpha value is -1.01. The second-order valence-electron chi connectivity index (χ2n) is 4.58. The van der Waals surface area contributed by atoms with Crippen LogP contribution in [0.5, 0.6) is 0 Å². The molecule has 0 aromatic carbocycles. The number of nitrogen functional groups attached to an aromatic ring is 1. The maximum atomic E-state index is 9.37. The van der Waals surface area contributed by atoms with Crippen molar-refractivity contribution in [3.63, 3.8) is 0 Å². The van der Waals surface area contributed by atoms with Gasteiger partial charge < -0.3 is 0 Å². The van der Waals surface area contributed by atoms with E-state index in [1.165, 1.54) is 6.33 Å². The fourth-order valence-corrected chi connectivity index (χ4v) is 4.87. The number of ether oxygens (including phenoxy) is 1. The molecule has 104 valence electrons. The molecule has 4 heterocycles. The predicted octanol–water partition coefficient (Wildman–Crippen LogP) is -1.38. The predicted molar refractivity (Wildman–Crippen MR) is 66.2 cm³/mol. The Morgan fingerprint density at radius 2 is 2.15 bits per heavy atom. The summed E-state index contributed by atoms with van der Waals surface area (Å²) >= 11 is -1.28. The summed E-state index contributed by atoms with van der Waals surface area (Å²) in [6.45, 7) is -0.107. The molecular weight excluding hydrogens is 373 g/mol. The number of hydrogen-bond donors (Lipinski definition) is 2. The van der Waals surface area contributed by atoms with E-state index in [0.717, 1.165) is 0 Å². The van der Waals surface area contributed by atoms with Crippen LogP contribution >= 0.6 is 0 Å². The summed E-state index contributed by atoms with van der Waals surface area (Å²) in [5.74, 6) is 0.321. The molecule has 2 aromatic heterocycles. The number of hydrogen-bond acceptors (Lipinski definition) is 8. The summed E-state index contributed by atoms with van der Waals surface area (Å²) < 4.78 is 18.9. The Morgan fingerprint density at radius 1 is 1.30 bits per heavy atom. The van der Waals surface area contributed by atoms with E-state index in [9.17, 15) is 5.11 Å². The first kappa shape index (κ1) is 12.7. The van der Waals surface area contributed by atoms with Crippen LogP contribution in [0.25, 0.3) is 11.2 Å². The van der Waals surface area contributed by atoms with Crippen molar-refractivity contribution in [1.29, 1.82) is 0 Å². The fraction of sp³-hybridized carbons (Fsp3) is 0.500. The van der Waals surface area contributed by atoms with Gasteiger partial charge in [-0.05, 0) is 0 Å². The molecular formula is C10H11N5O4Sn. The van der Waals surface area contributed by atoms with Gasteiger partial charge in [-0.25, -0.2) is 0 Å². The maximum absolute atomic E-state index is 9.37. The van der Waals surface area contributed by atoms with E-state index < -0.39 is 28.2 Å². The first-order valence-corrected chi connectivity index (χ1v) is 8.38. The zero-order valence-corrected chi connectivity index (χ0v) is 13.1. The van der Waals surface area contributed by atoms with Gasteiger partial charge in [0.15, 0.2) is 0 Å². The van der Waals surface area contributed by atoms with Crippen LogP contribution in [-0.2, 0) is 10.9 Å². The summed E-state index contributed by atoms with van der Waals surface area (Å²) in [6.07, 6.45) is 1.74. The summed E-state index contributed by atoms with van der Waals surface area (Å²) in [4.78, 5) is 12.3. The van der Waals surface area contributed by atoms with E-state index >= 15 is 0 Å². The molecule has 0 aliphatic carbocycles. The summed E-state index contributed by atoms with van der Waals surface area (Å²) in [7, 11) is 0. The molecule has 4 atom stereocenters. The Morgan fingerprint density at radius 3 is 3.00 bits per heavy atom. The molecule has 10 heteroatoms. The van der Waals surface area contributed by atoms with Crippen molar-refractivity contribution in [3.05, 3.63) is 12.7 Å². The summed E-state index contributed by atoms with van der Waals surface area (Å²) in [6, 6.07) is 0. The number of nitrogens with two attached hydrogens (primary N) is 1. The minimum absolute atomic E-state index is 0.107. The van der Waals surface area contributed by atoms with E-state index in [-0.39, 0.29) is 24.9 Å². The van der Waals surface area contributed by atoms with Gasteiger partial charge in [0, 0.05) is 0 Å². The molecule has 0 amide bonds. The third kappa shape index (κ3) is 1.74. The molecule has 2 fully saturated rings. The van der Waals surface area contributed by atoms with Crippen LogP contribution in [0.1, 0.15) is 6.23 Å². The van der Waals surface area contributed by atoms with Crippen LogP contribution in [-0.4, -0.2) is 71.5 Å². The monoisotopic (exact) mass is 385 g/mol. The average molecular weight is 384 g/mol.